The Kier molecular flexibility index (Phi) is 4.07. The number of esters is 1. The molecule has 0 spiro atoms. The lowest BCUT2D eigenvalue weighted by Gasteiger charge is -2.08. The second-order valence-electron chi connectivity index (χ2n) is 5.49. The highest BCUT2D eigenvalue weighted by Crippen LogP contribution is 2.50. The molecule has 0 aliphatic carbocycles. The van der Waals surface area contributed by atoms with Gasteiger partial charge in [0.1, 0.15) is 11.5 Å². The molecule has 3 nitrogen and oxygen atoms in total. The molecular formula is C20H13ClO3S. The minimum Gasteiger partial charge on any atom is -0.466 e. The summed E-state index contributed by atoms with van der Waals surface area (Å²) < 4.78 is 10.8. The van der Waals surface area contributed by atoms with Gasteiger partial charge in [0.2, 0.25) is 0 Å². The second kappa shape index (κ2) is 6.39. The fraction of sp³-hybridized carbons (Fsp3) is 0.0500. The predicted molar refractivity (Wildman–Crippen MR) is 101 cm³/mol. The van der Waals surface area contributed by atoms with Crippen molar-refractivity contribution in [3.63, 3.8) is 0 Å². The summed E-state index contributed by atoms with van der Waals surface area (Å²) in [7, 11) is 1.36. The number of carbonyl (C=O) groups is 1. The lowest BCUT2D eigenvalue weighted by atomic mass is 10.0. The number of para-hydroxylation sites is 1. The van der Waals surface area contributed by atoms with Crippen molar-refractivity contribution in [2.24, 2.45) is 0 Å². The van der Waals surface area contributed by atoms with Crippen LogP contribution >= 0.6 is 22.9 Å². The minimum atomic E-state index is -0.379. The molecule has 0 fully saturated rings. The van der Waals surface area contributed by atoms with Crippen LogP contribution in [0.25, 0.3) is 27.6 Å². The van der Waals surface area contributed by atoms with Gasteiger partial charge in [0.15, 0.2) is 0 Å². The van der Waals surface area contributed by atoms with Gasteiger partial charge in [0.05, 0.1) is 7.11 Å². The first kappa shape index (κ1) is 15.9. The number of benzene rings is 2. The lowest BCUT2D eigenvalue weighted by Crippen LogP contribution is -1.92. The van der Waals surface area contributed by atoms with Gasteiger partial charge >= 0.3 is 5.97 Å². The van der Waals surface area contributed by atoms with E-state index in [0.717, 1.165) is 37.9 Å². The van der Waals surface area contributed by atoms with E-state index in [-0.39, 0.29) is 5.97 Å². The van der Waals surface area contributed by atoms with Gasteiger partial charge in [-0.15, -0.1) is 11.3 Å². The van der Waals surface area contributed by atoms with Gasteiger partial charge < -0.3 is 9.47 Å². The molecule has 0 saturated heterocycles. The van der Waals surface area contributed by atoms with Crippen LogP contribution < -0.4 is 4.74 Å². The van der Waals surface area contributed by atoms with Crippen molar-refractivity contribution < 1.29 is 14.3 Å². The van der Waals surface area contributed by atoms with E-state index in [1.54, 1.807) is 17.4 Å². The Labute approximate surface area is 154 Å². The van der Waals surface area contributed by atoms with Crippen LogP contribution in [0.2, 0.25) is 5.02 Å². The molecule has 2 aromatic carbocycles. The van der Waals surface area contributed by atoms with Crippen molar-refractivity contribution in [2.45, 2.75) is 0 Å². The molecule has 3 aromatic rings. The zero-order valence-corrected chi connectivity index (χ0v) is 14.9. The van der Waals surface area contributed by atoms with Crippen LogP contribution in [0.1, 0.15) is 4.88 Å². The van der Waals surface area contributed by atoms with Gasteiger partial charge in [-0.05, 0) is 36.4 Å². The number of ether oxygens (including phenoxy) is 2. The topological polar surface area (TPSA) is 35.5 Å². The summed E-state index contributed by atoms with van der Waals surface area (Å²) in [5.41, 5.74) is 3.02. The van der Waals surface area contributed by atoms with Crippen molar-refractivity contribution in [1.82, 2.24) is 0 Å². The third-order valence-corrected chi connectivity index (χ3v) is 5.29. The molecule has 0 atom stereocenters. The highest BCUT2D eigenvalue weighted by molar-refractivity contribution is 7.17. The smallest absolute Gasteiger partial charge is 0.330 e. The Balaban J connectivity index is 1.93. The molecule has 2 heterocycles. The van der Waals surface area contributed by atoms with Gasteiger partial charge in [-0.3, -0.25) is 0 Å². The lowest BCUT2D eigenvalue weighted by molar-refractivity contribution is -0.134. The fourth-order valence-electron chi connectivity index (χ4n) is 2.78. The number of fused-ring (bicyclic) bond motifs is 5. The fourth-order valence-corrected chi connectivity index (χ4v) is 4.04. The van der Waals surface area contributed by atoms with Crippen LogP contribution in [0.3, 0.4) is 0 Å². The molecule has 0 N–H and O–H groups in total. The summed E-state index contributed by atoms with van der Waals surface area (Å²) in [4.78, 5) is 13.4. The number of halogens is 1. The Morgan fingerprint density at radius 2 is 1.88 bits per heavy atom. The average molecular weight is 369 g/mol. The minimum absolute atomic E-state index is 0.379. The molecule has 0 radical (unpaired) electrons. The number of hydrogen-bond acceptors (Lipinski definition) is 4. The quantitative estimate of drug-likeness (QED) is 0.320. The summed E-state index contributed by atoms with van der Waals surface area (Å²) in [5.74, 6) is 1.18. The van der Waals surface area contributed by atoms with Crippen molar-refractivity contribution in [3.05, 3.63) is 64.5 Å². The van der Waals surface area contributed by atoms with Crippen LogP contribution in [-0.4, -0.2) is 13.1 Å². The molecule has 0 amide bonds. The summed E-state index contributed by atoms with van der Waals surface area (Å²) in [5, 5.41) is 0.652. The standard InChI is InChI=1S/C20H13ClO3S/c1-23-19(22)9-7-13-11-15-14-4-2-3-5-17(14)24-18-8-6-12(21)10-16(18)20(15)25-13/h2-11H,1H3. The zero-order chi connectivity index (χ0) is 17.4. The molecule has 1 aliphatic rings. The van der Waals surface area contributed by atoms with Crippen LogP contribution in [-0.2, 0) is 9.53 Å². The molecule has 124 valence electrons. The van der Waals surface area contributed by atoms with Crippen LogP contribution in [0.5, 0.6) is 11.5 Å². The summed E-state index contributed by atoms with van der Waals surface area (Å²) in [6.45, 7) is 0. The van der Waals surface area contributed by atoms with E-state index in [0.29, 0.717) is 5.02 Å². The molecule has 5 heteroatoms. The molecule has 0 unspecified atom stereocenters. The van der Waals surface area contributed by atoms with Crippen molar-refractivity contribution >= 4 is 35.0 Å². The maximum atomic E-state index is 11.4. The van der Waals surface area contributed by atoms with E-state index in [9.17, 15) is 4.79 Å². The first-order valence-corrected chi connectivity index (χ1v) is 8.82. The highest BCUT2D eigenvalue weighted by atomic mass is 35.5. The van der Waals surface area contributed by atoms with E-state index >= 15 is 0 Å². The monoisotopic (exact) mass is 368 g/mol. The van der Waals surface area contributed by atoms with Crippen molar-refractivity contribution in [3.8, 4) is 33.1 Å². The molecule has 4 rings (SSSR count). The number of methoxy groups -OCH3 is 1. The van der Waals surface area contributed by atoms with E-state index < -0.39 is 0 Å². The maximum Gasteiger partial charge on any atom is 0.330 e. The normalized spacial score (nSPS) is 11.9. The third-order valence-electron chi connectivity index (χ3n) is 3.92. The summed E-state index contributed by atoms with van der Waals surface area (Å²) >= 11 is 7.79. The van der Waals surface area contributed by atoms with Gasteiger partial charge in [0, 0.05) is 37.5 Å². The van der Waals surface area contributed by atoms with E-state index in [1.807, 2.05) is 42.5 Å². The highest BCUT2D eigenvalue weighted by Gasteiger charge is 2.23. The first-order chi connectivity index (χ1) is 12.2. The largest absolute Gasteiger partial charge is 0.466 e. The average Bonchev–Trinajstić information content (AvgIpc) is 3.00. The third kappa shape index (κ3) is 2.95. The van der Waals surface area contributed by atoms with Crippen molar-refractivity contribution in [2.75, 3.05) is 7.11 Å². The van der Waals surface area contributed by atoms with E-state index in [1.165, 1.54) is 13.2 Å². The van der Waals surface area contributed by atoms with Crippen LogP contribution in [0, 0.1) is 0 Å². The first-order valence-electron chi connectivity index (χ1n) is 7.63. The Hall–Kier alpha value is -2.56. The summed E-state index contributed by atoms with van der Waals surface area (Å²) in [6.07, 6.45) is 3.19. The zero-order valence-electron chi connectivity index (χ0n) is 13.3. The Bertz CT molecular complexity index is 1000. The number of carbonyl (C=O) groups excluding carboxylic acids is 1. The summed E-state index contributed by atoms with van der Waals surface area (Å²) in [6, 6.07) is 15.6. The Morgan fingerprint density at radius 1 is 1.08 bits per heavy atom. The van der Waals surface area contributed by atoms with E-state index in [4.69, 9.17) is 16.3 Å². The van der Waals surface area contributed by atoms with Crippen LogP contribution in [0.15, 0.2) is 54.6 Å². The van der Waals surface area contributed by atoms with E-state index in [2.05, 4.69) is 10.8 Å². The second-order valence-corrected chi connectivity index (χ2v) is 7.01. The van der Waals surface area contributed by atoms with Gasteiger partial charge in [-0.25, -0.2) is 4.79 Å². The Morgan fingerprint density at radius 3 is 2.72 bits per heavy atom. The van der Waals surface area contributed by atoms with Gasteiger partial charge in [-0.1, -0.05) is 29.8 Å². The molecule has 0 bridgehead atoms. The molecule has 0 saturated carbocycles. The van der Waals surface area contributed by atoms with Gasteiger partial charge in [-0.2, -0.15) is 0 Å². The number of rotatable bonds is 2. The molecule has 1 aromatic heterocycles. The predicted octanol–water partition coefficient (Wildman–Crippen LogP) is 6.03. The molecule has 1 aliphatic heterocycles. The molecule has 25 heavy (non-hydrogen) atoms. The SMILES string of the molecule is COC(=O)C=Cc1cc2c(s1)-c1cc(Cl)ccc1Oc1ccccc1-2. The van der Waals surface area contributed by atoms with Crippen LogP contribution in [0.4, 0.5) is 0 Å². The number of thiophene rings is 1. The number of hydrogen-bond donors (Lipinski definition) is 0. The molecular weight excluding hydrogens is 356 g/mol. The maximum absolute atomic E-state index is 11.4. The van der Waals surface area contributed by atoms with Gasteiger partial charge in [0.25, 0.3) is 0 Å². The van der Waals surface area contributed by atoms with Crippen molar-refractivity contribution in [1.29, 1.82) is 0 Å².